The summed E-state index contributed by atoms with van der Waals surface area (Å²) in [4.78, 5) is 61.2. The zero-order chi connectivity index (χ0) is 31.9. The number of carbonyl (C=O) groups is 5. The highest BCUT2D eigenvalue weighted by atomic mass is 16.6. The van der Waals surface area contributed by atoms with Gasteiger partial charge in [0.1, 0.15) is 5.76 Å². The van der Waals surface area contributed by atoms with E-state index in [4.69, 9.17) is 24.4 Å². The van der Waals surface area contributed by atoms with Crippen molar-refractivity contribution in [1.82, 2.24) is 4.90 Å². The number of carboxylic acid groups (broad SMARTS) is 2. The van der Waals surface area contributed by atoms with E-state index in [0.29, 0.717) is 18.5 Å². The second-order valence-electron chi connectivity index (χ2n) is 11.2. The summed E-state index contributed by atoms with van der Waals surface area (Å²) >= 11 is 0. The van der Waals surface area contributed by atoms with Crippen molar-refractivity contribution in [3.63, 3.8) is 0 Å². The van der Waals surface area contributed by atoms with Crippen LogP contribution in [-0.4, -0.2) is 98.7 Å². The highest BCUT2D eigenvalue weighted by molar-refractivity contribution is 5.85. The fraction of sp³-hybridized carbons (Fsp3) is 0.552. The number of hydrogen-bond donors (Lipinski definition) is 4. The lowest BCUT2D eigenvalue weighted by atomic mass is 9.54. The zero-order valence-corrected chi connectivity index (χ0v) is 24.2. The topological polar surface area (TPSA) is 206 Å². The van der Waals surface area contributed by atoms with Crippen LogP contribution in [0.2, 0.25) is 0 Å². The molecule has 234 valence electrons. The number of ether oxygens (including phenoxy) is 4. The normalized spacial score (nSPS) is 27.2. The van der Waals surface area contributed by atoms with Gasteiger partial charge in [-0.05, 0) is 58.5 Å². The molecule has 1 saturated heterocycles. The van der Waals surface area contributed by atoms with E-state index < -0.39 is 78.4 Å². The third-order valence-corrected chi connectivity index (χ3v) is 8.63. The highest BCUT2D eigenvalue weighted by Crippen LogP contribution is 2.62. The molecule has 1 aromatic rings. The van der Waals surface area contributed by atoms with Crippen molar-refractivity contribution < 1.29 is 63.3 Å². The number of nitrogens with zero attached hydrogens (tertiary/aromatic N) is 1. The van der Waals surface area contributed by atoms with E-state index in [9.17, 15) is 34.2 Å². The van der Waals surface area contributed by atoms with Gasteiger partial charge in [-0.3, -0.25) is 14.4 Å². The van der Waals surface area contributed by atoms with Gasteiger partial charge >= 0.3 is 29.8 Å². The van der Waals surface area contributed by atoms with Crippen LogP contribution in [0.3, 0.4) is 0 Å². The lowest BCUT2D eigenvalue weighted by molar-refractivity contribution is -0.178. The van der Waals surface area contributed by atoms with Gasteiger partial charge in [0.2, 0.25) is 6.10 Å². The fourth-order valence-corrected chi connectivity index (χ4v) is 6.27. The predicted octanol–water partition coefficient (Wildman–Crippen LogP) is 1.17. The Kier molecular flexibility index (Phi) is 8.75. The summed E-state index contributed by atoms with van der Waals surface area (Å²) in [5.41, 5.74) is -0.862. The first kappa shape index (κ1) is 31.8. The number of benzene rings is 1. The number of aliphatic carboxylic acids is 2. The molecule has 2 aliphatic heterocycles. The number of carbonyl (C=O) groups excluding carboxylic acids is 3. The largest absolute Gasteiger partial charge is 0.504 e. The van der Waals surface area contributed by atoms with Crippen LogP contribution in [0.15, 0.2) is 24.0 Å². The molecule has 0 unspecified atom stereocenters. The number of esters is 3. The number of likely N-dealkylation sites (N-methyl/N-ethyl adjacent to an activating group) is 1. The first-order valence-corrected chi connectivity index (χ1v) is 13.8. The third-order valence-electron chi connectivity index (χ3n) is 8.63. The van der Waals surface area contributed by atoms with Crippen molar-refractivity contribution in [2.24, 2.45) is 0 Å². The molecule has 4 N–H and O–H groups in total. The van der Waals surface area contributed by atoms with Crippen LogP contribution >= 0.6 is 0 Å². The van der Waals surface area contributed by atoms with E-state index in [-0.39, 0.29) is 29.7 Å². The number of likely N-dealkylation sites (tertiary alicyclic amines) is 1. The van der Waals surface area contributed by atoms with Gasteiger partial charge in [0.05, 0.1) is 30.3 Å². The summed E-state index contributed by atoms with van der Waals surface area (Å²) in [5, 5.41) is 40.6. The van der Waals surface area contributed by atoms with Crippen LogP contribution in [0.25, 0.3) is 0 Å². The van der Waals surface area contributed by atoms with Gasteiger partial charge in [0, 0.05) is 18.0 Å². The highest BCUT2D eigenvalue weighted by Gasteiger charge is 2.69. The first-order chi connectivity index (χ1) is 20.1. The van der Waals surface area contributed by atoms with Gasteiger partial charge in [-0.2, -0.15) is 0 Å². The van der Waals surface area contributed by atoms with Gasteiger partial charge in [-0.15, -0.1) is 0 Å². The molecule has 2 heterocycles. The van der Waals surface area contributed by atoms with Crippen LogP contribution in [0.1, 0.15) is 57.1 Å². The number of aromatic hydroxyl groups is 1. The second-order valence-corrected chi connectivity index (χ2v) is 11.2. The number of rotatable bonds is 10. The molecule has 4 rings (SSSR count). The molecule has 1 aromatic carbocycles. The van der Waals surface area contributed by atoms with Gasteiger partial charge in [0.15, 0.2) is 23.7 Å². The number of carboxylic acids is 2. The van der Waals surface area contributed by atoms with Gasteiger partial charge in [-0.25, -0.2) is 9.59 Å². The van der Waals surface area contributed by atoms with Crippen molar-refractivity contribution in [1.29, 1.82) is 0 Å². The van der Waals surface area contributed by atoms with Crippen molar-refractivity contribution >= 4 is 29.8 Å². The molecule has 0 saturated carbocycles. The average molecular weight is 606 g/mol. The Labute approximate surface area is 246 Å². The summed E-state index contributed by atoms with van der Waals surface area (Å²) in [6.45, 7) is 5.49. The van der Waals surface area contributed by atoms with E-state index >= 15 is 0 Å². The standard InChI is InChI=1S/C29H35NO13/c1-14-5-6-17(31)24-23(14)28-11-12-30(4)16(3)29(28,39)10-9-18(25(28)43-24)41-22(35)8-7-21(34)40-15(2)27(38)42-19(26(36)37)13-20(32)33/h5-6,9,15-16,19,25,31,39H,7-8,10-13H2,1-4H3,(H,32,33)(H,36,37)/t15-,16+,19+,25-,28-,29+/m0/s1. The summed E-state index contributed by atoms with van der Waals surface area (Å²) in [5.74, 6) is -5.97. The number of hydrogen-bond acceptors (Lipinski definition) is 12. The minimum absolute atomic E-state index is 0.1000. The van der Waals surface area contributed by atoms with Crippen LogP contribution in [0, 0.1) is 6.92 Å². The van der Waals surface area contributed by atoms with Crippen molar-refractivity contribution in [3.05, 3.63) is 35.1 Å². The minimum atomic E-state index is -1.96. The maximum absolute atomic E-state index is 12.8. The van der Waals surface area contributed by atoms with Gasteiger partial charge < -0.3 is 44.3 Å². The Morgan fingerprint density at radius 1 is 1.12 bits per heavy atom. The van der Waals surface area contributed by atoms with E-state index in [2.05, 4.69) is 4.74 Å². The van der Waals surface area contributed by atoms with Crippen LogP contribution in [0.4, 0.5) is 0 Å². The fourth-order valence-electron chi connectivity index (χ4n) is 6.27. The number of aryl methyl sites for hydroxylation is 1. The van der Waals surface area contributed by atoms with Crippen molar-refractivity contribution in [3.8, 4) is 11.5 Å². The Bertz CT molecular complexity index is 1370. The zero-order valence-electron chi connectivity index (χ0n) is 24.2. The second kappa shape index (κ2) is 11.8. The molecule has 1 spiro atoms. The molecular weight excluding hydrogens is 570 g/mol. The van der Waals surface area contributed by atoms with Crippen molar-refractivity contribution in [2.75, 3.05) is 13.6 Å². The number of phenols is 1. The van der Waals surface area contributed by atoms with E-state index in [1.54, 1.807) is 12.1 Å². The molecule has 1 fully saturated rings. The summed E-state index contributed by atoms with van der Waals surface area (Å²) < 4.78 is 21.4. The minimum Gasteiger partial charge on any atom is -0.504 e. The quantitative estimate of drug-likeness (QED) is 0.218. The number of piperidine rings is 1. The van der Waals surface area contributed by atoms with E-state index in [1.165, 1.54) is 6.07 Å². The Morgan fingerprint density at radius 2 is 1.79 bits per heavy atom. The lowest BCUT2D eigenvalue weighted by Crippen LogP contribution is -2.71. The average Bonchev–Trinajstić information content (AvgIpc) is 3.30. The van der Waals surface area contributed by atoms with Gasteiger partial charge in [0.25, 0.3) is 0 Å². The molecular formula is C29H35NO13. The Balaban J connectivity index is 1.43. The van der Waals surface area contributed by atoms with Crippen molar-refractivity contribution in [2.45, 2.75) is 88.2 Å². The molecule has 0 aromatic heterocycles. The Morgan fingerprint density at radius 3 is 2.44 bits per heavy atom. The summed E-state index contributed by atoms with van der Waals surface area (Å²) in [6.07, 6.45) is -4.21. The monoisotopic (exact) mass is 605 g/mol. The SMILES string of the molecule is Cc1ccc(O)c2c1[C@]13CCN(C)[C@H](C)[C@]1(O)CC=C(OC(=O)CCC(=O)O[C@@H](C)C(=O)O[C@H](CC(=O)O)C(=O)O)[C@@H]3O2. The molecule has 0 amide bonds. The molecule has 6 atom stereocenters. The Hall–Kier alpha value is -4.17. The first-order valence-electron chi connectivity index (χ1n) is 13.8. The van der Waals surface area contributed by atoms with Gasteiger partial charge in [-0.1, -0.05) is 6.07 Å². The molecule has 3 aliphatic rings. The number of aliphatic hydroxyl groups is 1. The number of phenolic OH excluding ortho intramolecular Hbond substituents is 1. The van der Waals surface area contributed by atoms with E-state index in [0.717, 1.165) is 12.5 Å². The predicted molar refractivity (Wildman–Crippen MR) is 144 cm³/mol. The van der Waals surface area contributed by atoms with E-state index in [1.807, 2.05) is 25.8 Å². The molecule has 14 heteroatoms. The third kappa shape index (κ3) is 5.64. The maximum atomic E-state index is 12.8. The molecule has 1 aliphatic carbocycles. The molecule has 0 radical (unpaired) electrons. The lowest BCUT2D eigenvalue weighted by Gasteiger charge is -2.58. The number of fused-ring (bicyclic) bond motifs is 1. The van der Waals surface area contributed by atoms with Crippen LogP contribution < -0.4 is 4.74 Å². The molecule has 43 heavy (non-hydrogen) atoms. The molecule has 0 bridgehead atoms. The summed E-state index contributed by atoms with van der Waals surface area (Å²) in [6, 6.07) is 2.95. The smallest absolute Gasteiger partial charge is 0.348 e. The maximum Gasteiger partial charge on any atom is 0.348 e. The van der Waals surface area contributed by atoms with Crippen LogP contribution in [0.5, 0.6) is 11.5 Å². The van der Waals surface area contributed by atoms with Crippen LogP contribution in [-0.2, 0) is 43.6 Å². The summed E-state index contributed by atoms with van der Waals surface area (Å²) in [7, 11) is 1.91. The molecule has 14 nitrogen and oxygen atoms in total.